The number of hydrogen-bond donors (Lipinski definition) is 2. The second-order valence-electron chi connectivity index (χ2n) is 7.93. The van der Waals surface area contributed by atoms with Crippen molar-refractivity contribution in [3.8, 4) is 0 Å². The van der Waals surface area contributed by atoms with Gasteiger partial charge in [0.15, 0.2) is 0 Å². The van der Waals surface area contributed by atoms with Gasteiger partial charge in [0.2, 0.25) is 10.0 Å². The Kier molecular flexibility index (Phi) is 7.55. The van der Waals surface area contributed by atoms with Gasteiger partial charge in [0.1, 0.15) is 0 Å². The van der Waals surface area contributed by atoms with Crippen LogP contribution in [0.4, 0.5) is 5.69 Å². The van der Waals surface area contributed by atoms with Gasteiger partial charge in [-0.25, -0.2) is 8.42 Å². The van der Waals surface area contributed by atoms with Crippen molar-refractivity contribution in [3.63, 3.8) is 0 Å². The Morgan fingerprint density at radius 2 is 1.97 bits per heavy atom. The molecule has 2 N–H and O–H groups in total. The summed E-state index contributed by atoms with van der Waals surface area (Å²) in [7, 11) is -3.32. The number of nitrogens with one attached hydrogen (secondary N) is 2. The van der Waals surface area contributed by atoms with Crippen LogP contribution in [0, 0.1) is 0 Å². The average molecular weight is 450 g/mol. The van der Waals surface area contributed by atoms with Crippen molar-refractivity contribution in [1.82, 2.24) is 10.2 Å². The van der Waals surface area contributed by atoms with E-state index in [0.29, 0.717) is 29.9 Å². The van der Waals surface area contributed by atoms with Crippen LogP contribution in [-0.2, 0) is 16.4 Å². The summed E-state index contributed by atoms with van der Waals surface area (Å²) in [5.74, 6) is -0.141. The van der Waals surface area contributed by atoms with Gasteiger partial charge in [-0.15, -0.1) is 11.3 Å². The number of nitrogens with zero attached hydrogens (tertiary/aromatic N) is 1. The summed E-state index contributed by atoms with van der Waals surface area (Å²) in [5, 5.41) is 5.18. The van der Waals surface area contributed by atoms with Crippen molar-refractivity contribution in [2.24, 2.45) is 0 Å². The summed E-state index contributed by atoms with van der Waals surface area (Å²) < 4.78 is 24.9. The van der Waals surface area contributed by atoms with Gasteiger partial charge in [-0.2, -0.15) is 0 Å². The summed E-state index contributed by atoms with van der Waals surface area (Å²) in [5.41, 5.74) is 2.47. The smallest absolute Gasteiger partial charge is 0.251 e. The van der Waals surface area contributed by atoms with E-state index < -0.39 is 10.0 Å². The van der Waals surface area contributed by atoms with Gasteiger partial charge in [-0.1, -0.05) is 13.3 Å². The van der Waals surface area contributed by atoms with Crippen molar-refractivity contribution in [3.05, 3.63) is 51.7 Å². The van der Waals surface area contributed by atoms with Crippen molar-refractivity contribution >= 4 is 33.0 Å². The molecular weight excluding hydrogens is 418 g/mol. The van der Waals surface area contributed by atoms with Crippen LogP contribution in [-0.4, -0.2) is 44.6 Å². The van der Waals surface area contributed by atoms with Crippen LogP contribution in [0.5, 0.6) is 0 Å². The fourth-order valence-corrected chi connectivity index (χ4v) is 5.75. The first-order valence-electron chi connectivity index (χ1n) is 10.5. The first-order valence-corrected chi connectivity index (χ1v) is 13.2. The standard InChI is InChI=1S/C22H31N3O3S2/c1-4-6-20-15-18-11-14-29-21(18)16(2)25(20)13-5-12-23-22(26)17-7-9-19(10-8-17)24-30(3,27)28/h7-11,14,16,20,24H,4-6,12-13,15H2,1-3H3,(H,23,26)/t16-,20+/m0/s1. The Hall–Kier alpha value is -1.90. The lowest BCUT2D eigenvalue weighted by Gasteiger charge is -2.40. The third-order valence-corrected chi connectivity index (χ3v) is 7.27. The van der Waals surface area contributed by atoms with Gasteiger partial charge in [0, 0.05) is 41.3 Å². The van der Waals surface area contributed by atoms with Crippen molar-refractivity contribution in [2.45, 2.75) is 51.6 Å². The van der Waals surface area contributed by atoms with Crippen LogP contribution in [0.15, 0.2) is 35.7 Å². The van der Waals surface area contributed by atoms with Crippen LogP contribution in [0.1, 0.15) is 60.0 Å². The highest BCUT2D eigenvalue weighted by molar-refractivity contribution is 7.92. The van der Waals surface area contributed by atoms with Gasteiger partial charge < -0.3 is 5.32 Å². The van der Waals surface area contributed by atoms with Crippen molar-refractivity contribution in [1.29, 1.82) is 0 Å². The number of benzene rings is 1. The lowest BCUT2D eigenvalue weighted by Crippen LogP contribution is -2.43. The highest BCUT2D eigenvalue weighted by Gasteiger charge is 2.31. The molecule has 1 amide bonds. The van der Waals surface area contributed by atoms with Crippen LogP contribution in [0.2, 0.25) is 0 Å². The van der Waals surface area contributed by atoms with E-state index in [2.05, 4.69) is 40.2 Å². The monoisotopic (exact) mass is 449 g/mol. The number of thiophene rings is 1. The molecule has 164 valence electrons. The molecule has 1 aromatic heterocycles. The molecule has 0 saturated carbocycles. The molecule has 1 aromatic carbocycles. The number of rotatable bonds is 9. The molecule has 0 aliphatic carbocycles. The minimum absolute atomic E-state index is 0.141. The molecular formula is C22H31N3O3S2. The maximum absolute atomic E-state index is 12.4. The summed E-state index contributed by atoms with van der Waals surface area (Å²) in [6.07, 6.45) is 5.48. The molecule has 2 atom stereocenters. The van der Waals surface area contributed by atoms with Gasteiger partial charge in [-0.3, -0.25) is 14.4 Å². The fourth-order valence-electron chi connectivity index (χ4n) is 4.17. The molecule has 0 bridgehead atoms. The van der Waals surface area contributed by atoms with Crippen LogP contribution in [0.25, 0.3) is 0 Å². The molecule has 0 spiro atoms. The van der Waals surface area contributed by atoms with E-state index in [1.54, 1.807) is 24.3 Å². The number of sulfonamides is 1. The Morgan fingerprint density at radius 1 is 1.23 bits per heavy atom. The highest BCUT2D eigenvalue weighted by Crippen LogP contribution is 2.37. The number of carbonyl (C=O) groups excluding carboxylic acids is 1. The lowest BCUT2D eigenvalue weighted by atomic mass is 9.92. The third kappa shape index (κ3) is 5.83. The second-order valence-corrected chi connectivity index (χ2v) is 10.6. The molecule has 2 aromatic rings. The largest absolute Gasteiger partial charge is 0.352 e. The van der Waals surface area contributed by atoms with Gasteiger partial charge in [0.05, 0.1) is 6.26 Å². The zero-order valence-electron chi connectivity index (χ0n) is 17.8. The molecule has 8 heteroatoms. The molecule has 1 aliphatic rings. The van der Waals surface area contributed by atoms with E-state index in [-0.39, 0.29) is 5.91 Å². The summed E-state index contributed by atoms with van der Waals surface area (Å²) in [6.45, 7) is 6.10. The van der Waals surface area contributed by atoms with Crippen LogP contribution in [0.3, 0.4) is 0 Å². The van der Waals surface area contributed by atoms with Crippen molar-refractivity contribution in [2.75, 3.05) is 24.1 Å². The average Bonchev–Trinajstić information content (AvgIpc) is 3.15. The number of hydrogen-bond acceptors (Lipinski definition) is 5. The van der Waals surface area contributed by atoms with Crippen LogP contribution < -0.4 is 10.0 Å². The summed E-state index contributed by atoms with van der Waals surface area (Å²) in [4.78, 5) is 16.5. The van der Waals surface area contributed by atoms with E-state index >= 15 is 0 Å². The maximum Gasteiger partial charge on any atom is 0.251 e. The van der Waals surface area contributed by atoms with E-state index in [9.17, 15) is 13.2 Å². The summed E-state index contributed by atoms with van der Waals surface area (Å²) >= 11 is 1.85. The Balaban J connectivity index is 1.50. The molecule has 0 fully saturated rings. The SMILES string of the molecule is CCC[C@@H]1Cc2ccsc2[C@H](C)N1CCCNC(=O)c1ccc(NS(C)(=O)=O)cc1. The molecule has 1 aliphatic heterocycles. The minimum atomic E-state index is -3.32. The molecule has 2 heterocycles. The predicted octanol–water partition coefficient (Wildman–Crippen LogP) is 4.03. The maximum atomic E-state index is 12.4. The first-order chi connectivity index (χ1) is 14.3. The molecule has 0 radical (unpaired) electrons. The number of anilines is 1. The van der Waals surface area contributed by atoms with Gasteiger partial charge in [-0.05, 0) is 67.5 Å². The van der Waals surface area contributed by atoms with E-state index in [0.717, 1.165) is 25.6 Å². The van der Waals surface area contributed by atoms with Crippen LogP contribution >= 0.6 is 11.3 Å². The van der Waals surface area contributed by atoms with Gasteiger partial charge in [0.25, 0.3) is 5.91 Å². The summed E-state index contributed by atoms with van der Waals surface area (Å²) in [6, 6.07) is 9.72. The van der Waals surface area contributed by atoms with Crippen molar-refractivity contribution < 1.29 is 13.2 Å². The predicted molar refractivity (Wildman–Crippen MR) is 124 cm³/mol. The molecule has 0 saturated heterocycles. The quantitative estimate of drug-likeness (QED) is 0.567. The topological polar surface area (TPSA) is 78.5 Å². The molecule has 0 unspecified atom stereocenters. The number of carbonyl (C=O) groups is 1. The number of amides is 1. The second kappa shape index (κ2) is 9.94. The number of fused-ring (bicyclic) bond motifs is 1. The highest BCUT2D eigenvalue weighted by atomic mass is 32.2. The third-order valence-electron chi connectivity index (χ3n) is 5.53. The lowest BCUT2D eigenvalue weighted by molar-refractivity contribution is 0.0942. The Labute approximate surface area is 183 Å². The van der Waals surface area contributed by atoms with E-state index in [1.165, 1.54) is 23.3 Å². The Morgan fingerprint density at radius 3 is 2.63 bits per heavy atom. The Bertz CT molecular complexity index is 954. The van der Waals surface area contributed by atoms with E-state index in [4.69, 9.17) is 0 Å². The fraction of sp³-hybridized carbons (Fsp3) is 0.500. The minimum Gasteiger partial charge on any atom is -0.352 e. The zero-order chi connectivity index (χ0) is 21.7. The first kappa shape index (κ1) is 22.8. The molecule has 30 heavy (non-hydrogen) atoms. The molecule has 3 rings (SSSR count). The van der Waals surface area contributed by atoms with E-state index in [1.807, 2.05) is 11.3 Å². The normalized spacial score (nSPS) is 19.3. The van der Waals surface area contributed by atoms with Gasteiger partial charge >= 0.3 is 0 Å². The molecule has 6 nitrogen and oxygen atoms in total. The zero-order valence-corrected chi connectivity index (χ0v) is 19.5.